The van der Waals surface area contributed by atoms with E-state index in [0.717, 1.165) is 23.1 Å². The third kappa shape index (κ3) is 5.03. The van der Waals surface area contributed by atoms with E-state index in [4.69, 9.17) is 21.5 Å². The van der Waals surface area contributed by atoms with Gasteiger partial charge in [-0.15, -0.1) is 0 Å². The second-order valence-corrected chi connectivity index (χ2v) is 7.87. The zero-order chi connectivity index (χ0) is 17.0. The number of rotatable bonds is 6. The Morgan fingerprint density at radius 1 is 1.35 bits per heavy atom. The zero-order valence-corrected chi connectivity index (χ0v) is 14.7. The van der Waals surface area contributed by atoms with E-state index in [-0.39, 0.29) is 16.8 Å². The fraction of sp³-hybridized carbons (Fsp3) is 0.286. The average molecular weight is 373 g/mol. The van der Waals surface area contributed by atoms with Crippen LogP contribution in [0.2, 0.25) is 0 Å². The van der Waals surface area contributed by atoms with Gasteiger partial charge < -0.3 is 4.74 Å². The van der Waals surface area contributed by atoms with Gasteiger partial charge in [0, 0.05) is 6.54 Å². The third-order valence-corrected chi connectivity index (χ3v) is 5.01. The quantitative estimate of drug-likeness (QED) is 0.465. The van der Waals surface area contributed by atoms with E-state index < -0.39 is 15.9 Å². The van der Waals surface area contributed by atoms with Crippen molar-refractivity contribution in [3.05, 3.63) is 34.7 Å². The van der Waals surface area contributed by atoms with Crippen LogP contribution in [0.15, 0.2) is 29.2 Å². The molecule has 0 bridgehead atoms. The fourth-order valence-electron chi connectivity index (χ4n) is 1.88. The number of nitrogens with zero attached hydrogens (tertiary/aromatic N) is 1. The van der Waals surface area contributed by atoms with Crippen LogP contribution in [0.5, 0.6) is 5.75 Å². The van der Waals surface area contributed by atoms with Crippen LogP contribution in [0, 0.1) is 0 Å². The Morgan fingerprint density at radius 2 is 2.00 bits per heavy atom. The van der Waals surface area contributed by atoms with Gasteiger partial charge in [0.2, 0.25) is 0 Å². The van der Waals surface area contributed by atoms with Crippen molar-refractivity contribution in [3.63, 3.8) is 0 Å². The monoisotopic (exact) mass is 373 g/mol. The summed E-state index contributed by atoms with van der Waals surface area (Å²) >= 11 is 6.19. The molecule has 0 atom stereocenters. The van der Waals surface area contributed by atoms with Crippen LogP contribution in [0.1, 0.15) is 12.5 Å². The summed E-state index contributed by atoms with van der Waals surface area (Å²) in [4.78, 5) is 13.8. The first-order valence-corrected chi connectivity index (χ1v) is 9.57. The molecule has 0 aliphatic carbocycles. The van der Waals surface area contributed by atoms with Gasteiger partial charge in [0.05, 0.1) is 17.3 Å². The minimum Gasteiger partial charge on any atom is -0.494 e. The number of hydrogen-bond donors (Lipinski definition) is 1. The molecule has 1 aromatic carbocycles. The molecule has 1 amide bonds. The molecule has 1 aliphatic heterocycles. The van der Waals surface area contributed by atoms with Gasteiger partial charge in [-0.3, -0.25) is 14.2 Å². The van der Waals surface area contributed by atoms with Crippen LogP contribution in [0.25, 0.3) is 6.08 Å². The van der Waals surface area contributed by atoms with E-state index >= 15 is 0 Å². The first-order chi connectivity index (χ1) is 10.8. The Bertz CT molecular complexity index is 740. The molecular weight excluding hydrogens is 358 g/mol. The van der Waals surface area contributed by atoms with Crippen LogP contribution in [-0.4, -0.2) is 47.0 Å². The molecule has 124 valence electrons. The lowest BCUT2D eigenvalue weighted by Crippen LogP contribution is -2.32. The van der Waals surface area contributed by atoms with Crippen LogP contribution >= 0.6 is 24.0 Å². The molecule has 0 radical (unpaired) electrons. The Labute approximate surface area is 144 Å². The summed E-state index contributed by atoms with van der Waals surface area (Å²) < 4.78 is 36.0. The SMILES string of the molecule is CCOc1ccc(/C=C2\SC(=S)N(CCS(=O)(=O)O)C2=O)cc1. The van der Waals surface area contributed by atoms with E-state index in [1.807, 2.05) is 19.1 Å². The topological polar surface area (TPSA) is 83.9 Å². The predicted molar refractivity (Wildman–Crippen MR) is 93.9 cm³/mol. The summed E-state index contributed by atoms with van der Waals surface area (Å²) in [6, 6.07) is 7.23. The normalized spacial score (nSPS) is 17.1. The van der Waals surface area contributed by atoms with Crippen LogP contribution in [-0.2, 0) is 14.9 Å². The minimum absolute atomic E-state index is 0.163. The molecule has 1 aliphatic rings. The maximum absolute atomic E-state index is 12.3. The van der Waals surface area contributed by atoms with Crippen molar-refractivity contribution in [2.75, 3.05) is 18.9 Å². The number of thioether (sulfide) groups is 1. The van der Waals surface area contributed by atoms with Crippen LogP contribution in [0.3, 0.4) is 0 Å². The Balaban J connectivity index is 2.11. The molecule has 1 fully saturated rings. The van der Waals surface area contributed by atoms with E-state index in [1.165, 1.54) is 4.90 Å². The van der Waals surface area contributed by atoms with E-state index in [9.17, 15) is 13.2 Å². The molecule has 1 N–H and O–H groups in total. The second-order valence-electron chi connectivity index (χ2n) is 4.62. The number of carbonyl (C=O) groups excluding carboxylic acids is 1. The van der Waals surface area contributed by atoms with Crippen LogP contribution in [0.4, 0.5) is 0 Å². The lowest BCUT2D eigenvalue weighted by atomic mass is 10.2. The lowest BCUT2D eigenvalue weighted by molar-refractivity contribution is -0.121. The van der Waals surface area contributed by atoms with Gasteiger partial charge in [-0.25, -0.2) is 0 Å². The van der Waals surface area contributed by atoms with Crippen molar-refractivity contribution in [2.24, 2.45) is 0 Å². The molecule has 0 aromatic heterocycles. The highest BCUT2D eigenvalue weighted by molar-refractivity contribution is 8.26. The zero-order valence-electron chi connectivity index (χ0n) is 12.3. The first-order valence-electron chi connectivity index (χ1n) is 6.73. The second kappa shape index (κ2) is 7.43. The molecule has 0 saturated carbocycles. The van der Waals surface area contributed by atoms with E-state index in [1.54, 1.807) is 18.2 Å². The number of thiocarbonyl (C=S) groups is 1. The highest BCUT2D eigenvalue weighted by Crippen LogP contribution is 2.32. The number of benzene rings is 1. The standard InChI is InChI=1S/C14H15NO5S3/c1-2-20-11-5-3-10(4-6-11)9-12-13(16)15(14(21)22-12)7-8-23(17,18)19/h3-6,9H,2,7-8H2,1H3,(H,17,18,19)/b12-9-. The maximum Gasteiger partial charge on any atom is 0.266 e. The Hall–Kier alpha value is -1.42. The van der Waals surface area contributed by atoms with Gasteiger partial charge in [0.25, 0.3) is 16.0 Å². The summed E-state index contributed by atoms with van der Waals surface area (Å²) in [6.45, 7) is 2.31. The molecule has 1 saturated heterocycles. The molecule has 1 heterocycles. The van der Waals surface area contributed by atoms with Crippen LogP contribution < -0.4 is 4.74 Å². The molecule has 2 rings (SSSR count). The van der Waals surface area contributed by atoms with Crippen molar-refractivity contribution in [1.29, 1.82) is 0 Å². The molecule has 0 unspecified atom stereocenters. The molecule has 23 heavy (non-hydrogen) atoms. The van der Waals surface area contributed by atoms with Gasteiger partial charge in [-0.05, 0) is 30.7 Å². The average Bonchev–Trinajstić information content (AvgIpc) is 2.73. The van der Waals surface area contributed by atoms with Gasteiger partial charge in [0.1, 0.15) is 10.1 Å². The predicted octanol–water partition coefficient (Wildman–Crippen LogP) is 2.17. The molecular formula is C14H15NO5S3. The largest absolute Gasteiger partial charge is 0.494 e. The van der Waals surface area contributed by atoms with Gasteiger partial charge in [-0.1, -0.05) is 36.1 Å². The molecule has 0 spiro atoms. The molecule has 6 nitrogen and oxygen atoms in total. The summed E-state index contributed by atoms with van der Waals surface area (Å²) in [5.41, 5.74) is 0.809. The van der Waals surface area contributed by atoms with Crippen molar-refractivity contribution in [1.82, 2.24) is 4.90 Å². The smallest absolute Gasteiger partial charge is 0.266 e. The van der Waals surface area contributed by atoms with E-state index in [2.05, 4.69) is 0 Å². The maximum atomic E-state index is 12.3. The summed E-state index contributed by atoms with van der Waals surface area (Å²) in [5, 5.41) is 0. The lowest BCUT2D eigenvalue weighted by Gasteiger charge is -2.12. The highest BCUT2D eigenvalue weighted by Gasteiger charge is 2.32. The van der Waals surface area contributed by atoms with E-state index in [0.29, 0.717) is 11.5 Å². The number of ether oxygens (including phenoxy) is 1. The fourth-order valence-corrected chi connectivity index (χ4v) is 3.60. The van der Waals surface area contributed by atoms with Crippen molar-refractivity contribution < 1.29 is 22.5 Å². The minimum atomic E-state index is -4.14. The first kappa shape index (κ1) is 17.9. The summed E-state index contributed by atoms with van der Waals surface area (Å²) in [7, 11) is -4.14. The van der Waals surface area contributed by atoms with Crippen molar-refractivity contribution in [3.8, 4) is 5.75 Å². The van der Waals surface area contributed by atoms with Gasteiger partial charge >= 0.3 is 0 Å². The van der Waals surface area contributed by atoms with Gasteiger partial charge in [0.15, 0.2) is 0 Å². The number of hydrogen-bond acceptors (Lipinski definition) is 6. The number of carbonyl (C=O) groups is 1. The Morgan fingerprint density at radius 3 is 2.57 bits per heavy atom. The third-order valence-electron chi connectivity index (χ3n) is 2.94. The Kier molecular flexibility index (Phi) is 5.79. The summed E-state index contributed by atoms with van der Waals surface area (Å²) in [6.07, 6.45) is 1.68. The molecule has 1 aromatic rings. The number of amides is 1. The highest BCUT2D eigenvalue weighted by atomic mass is 32.2. The van der Waals surface area contributed by atoms with Gasteiger partial charge in [-0.2, -0.15) is 8.42 Å². The molecule has 9 heteroatoms. The summed E-state index contributed by atoms with van der Waals surface area (Å²) in [5.74, 6) is -0.168. The van der Waals surface area contributed by atoms with Crippen molar-refractivity contribution in [2.45, 2.75) is 6.92 Å². The van der Waals surface area contributed by atoms with Crippen molar-refractivity contribution >= 4 is 50.4 Å².